The monoisotopic (exact) mass is 355 g/mol. The summed E-state index contributed by atoms with van der Waals surface area (Å²) in [5.41, 5.74) is 1.13. The molecule has 4 rings (SSSR count). The van der Waals surface area contributed by atoms with Crippen LogP contribution in [0.15, 0.2) is 57.6 Å². The van der Waals surface area contributed by atoms with Crippen LogP contribution < -0.4 is 16.2 Å². The van der Waals surface area contributed by atoms with Gasteiger partial charge in [-0.05, 0) is 42.6 Å². The van der Waals surface area contributed by atoms with Gasteiger partial charge in [0, 0.05) is 22.3 Å². The Bertz CT molecular complexity index is 995. The van der Waals surface area contributed by atoms with Crippen molar-refractivity contribution in [1.82, 2.24) is 9.55 Å². The molecule has 2 aromatic heterocycles. The average molecular weight is 355 g/mol. The number of aryl methyl sites for hydroxylation is 1. The number of rotatable bonds is 2. The molecule has 3 heterocycles. The smallest absolute Gasteiger partial charge is 0.257 e. The van der Waals surface area contributed by atoms with Crippen LogP contribution in [0.3, 0.4) is 0 Å². The number of anilines is 2. The number of aliphatic imine (C=N–C) groups is 1. The van der Waals surface area contributed by atoms with Gasteiger partial charge < -0.3 is 5.32 Å². The standard InChI is InChI=1S/C17H14FN5OS/c1-10-9-14(24)23-15(13-3-2-8-25-13)21-16(22-17(23)19-10)20-12-6-4-11(18)5-7-12/h2-9,15H,1H3,(H2,19,20,21,22)/t15-/m0/s1. The summed E-state index contributed by atoms with van der Waals surface area (Å²) in [5.74, 6) is 0.556. The van der Waals surface area contributed by atoms with Gasteiger partial charge in [0.1, 0.15) is 5.82 Å². The number of halogens is 1. The highest BCUT2D eigenvalue weighted by Gasteiger charge is 2.25. The van der Waals surface area contributed by atoms with Crippen molar-refractivity contribution >= 4 is 28.9 Å². The van der Waals surface area contributed by atoms with Crippen molar-refractivity contribution in [3.05, 3.63) is 74.6 Å². The number of guanidine groups is 1. The Hall–Kier alpha value is -3.00. The molecule has 126 valence electrons. The van der Waals surface area contributed by atoms with Crippen molar-refractivity contribution in [2.45, 2.75) is 13.1 Å². The quantitative estimate of drug-likeness (QED) is 0.741. The maximum atomic E-state index is 13.1. The number of hydrogen-bond acceptors (Lipinski definition) is 6. The van der Waals surface area contributed by atoms with Crippen molar-refractivity contribution in [1.29, 1.82) is 0 Å². The van der Waals surface area contributed by atoms with Crippen molar-refractivity contribution in [2.24, 2.45) is 4.99 Å². The van der Waals surface area contributed by atoms with Crippen LogP contribution in [-0.2, 0) is 0 Å². The summed E-state index contributed by atoms with van der Waals surface area (Å²) in [7, 11) is 0. The average Bonchev–Trinajstić information content (AvgIpc) is 3.10. The fourth-order valence-corrected chi connectivity index (χ4v) is 3.36. The first kappa shape index (κ1) is 15.5. The number of nitrogens with one attached hydrogen (secondary N) is 2. The lowest BCUT2D eigenvalue weighted by atomic mass is 10.3. The Morgan fingerprint density at radius 1 is 1.28 bits per heavy atom. The zero-order valence-electron chi connectivity index (χ0n) is 13.2. The van der Waals surface area contributed by atoms with Gasteiger partial charge >= 0.3 is 0 Å². The molecule has 0 fully saturated rings. The third-order valence-corrected chi connectivity index (χ3v) is 4.62. The van der Waals surface area contributed by atoms with Crippen LogP contribution in [0.25, 0.3) is 0 Å². The Morgan fingerprint density at radius 2 is 2.08 bits per heavy atom. The van der Waals surface area contributed by atoms with Gasteiger partial charge in [-0.15, -0.1) is 11.3 Å². The van der Waals surface area contributed by atoms with Gasteiger partial charge in [-0.3, -0.25) is 14.7 Å². The second-order valence-electron chi connectivity index (χ2n) is 5.55. The van der Waals surface area contributed by atoms with E-state index >= 15 is 0 Å². The summed E-state index contributed by atoms with van der Waals surface area (Å²) >= 11 is 1.52. The molecule has 25 heavy (non-hydrogen) atoms. The molecule has 0 spiro atoms. The van der Waals surface area contributed by atoms with Crippen LogP contribution in [0.1, 0.15) is 16.7 Å². The second kappa shape index (κ2) is 6.14. The SMILES string of the molecule is Cc1cc(=O)n2c(n1)NC(Nc1ccc(F)cc1)=N[C@@H]2c1cccs1. The first-order chi connectivity index (χ1) is 12.1. The molecule has 1 atom stereocenters. The van der Waals surface area contributed by atoms with Gasteiger partial charge in [-0.2, -0.15) is 0 Å². The fraction of sp³-hybridized carbons (Fsp3) is 0.118. The number of thiophene rings is 1. The van der Waals surface area contributed by atoms with Crippen molar-refractivity contribution < 1.29 is 4.39 Å². The van der Waals surface area contributed by atoms with Gasteiger partial charge in [-0.25, -0.2) is 14.4 Å². The first-order valence-electron chi connectivity index (χ1n) is 7.61. The summed E-state index contributed by atoms with van der Waals surface area (Å²) in [6, 6.07) is 11.3. The van der Waals surface area contributed by atoms with E-state index in [2.05, 4.69) is 20.6 Å². The van der Waals surface area contributed by atoms with E-state index < -0.39 is 6.17 Å². The minimum Gasteiger partial charge on any atom is -0.326 e. The normalized spacial score (nSPS) is 15.9. The Morgan fingerprint density at radius 3 is 2.80 bits per heavy atom. The lowest BCUT2D eigenvalue weighted by molar-refractivity contribution is 0.586. The van der Waals surface area contributed by atoms with Gasteiger partial charge in [0.2, 0.25) is 11.9 Å². The number of fused-ring (bicyclic) bond motifs is 1. The van der Waals surface area contributed by atoms with Gasteiger partial charge in [0.15, 0.2) is 6.17 Å². The van der Waals surface area contributed by atoms with Gasteiger partial charge in [-0.1, -0.05) is 6.07 Å². The summed E-state index contributed by atoms with van der Waals surface area (Å²) in [6.07, 6.45) is -0.500. The van der Waals surface area contributed by atoms with E-state index in [9.17, 15) is 9.18 Å². The van der Waals surface area contributed by atoms with Crippen LogP contribution in [-0.4, -0.2) is 15.5 Å². The summed E-state index contributed by atoms with van der Waals surface area (Å²) in [4.78, 5) is 22.4. The molecule has 0 amide bonds. The second-order valence-corrected chi connectivity index (χ2v) is 6.53. The highest BCUT2D eigenvalue weighted by molar-refractivity contribution is 7.10. The molecule has 8 heteroatoms. The van der Waals surface area contributed by atoms with Crippen LogP contribution in [0, 0.1) is 12.7 Å². The summed E-state index contributed by atoms with van der Waals surface area (Å²) in [5, 5.41) is 8.07. The molecule has 1 aromatic carbocycles. The predicted molar refractivity (Wildman–Crippen MR) is 96.8 cm³/mol. The molecule has 0 bridgehead atoms. The van der Waals surface area contributed by atoms with E-state index in [0.717, 1.165) is 4.88 Å². The van der Waals surface area contributed by atoms with E-state index in [1.165, 1.54) is 34.1 Å². The Kier molecular flexibility index (Phi) is 3.81. The molecule has 0 aliphatic carbocycles. The minimum absolute atomic E-state index is 0.169. The molecule has 3 aromatic rings. The minimum atomic E-state index is -0.500. The van der Waals surface area contributed by atoms with E-state index in [1.54, 1.807) is 19.1 Å². The van der Waals surface area contributed by atoms with E-state index in [1.807, 2.05) is 17.5 Å². The van der Waals surface area contributed by atoms with Crippen molar-refractivity contribution in [3.63, 3.8) is 0 Å². The van der Waals surface area contributed by atoms with Crippen LogP contribution in [0.2, 0.25) is 0 Å². The summed E-state index contributed by atoms with van der Waals surface area (Å²) < 4.78 is 14.6. The molecule has 6 nitrogen and oxygen atoms in total. The number of benzene rings is 1. The first-order valence-corrected chi connectivity index (χ1v) is 8.49. The zero-order chi connectivity index (χ0) is 17.4. The Labute approximate surface area is 146 Å². The zero-order valence-corrected chi connectivity index (χ0v) is 14.0. The van der Waals surface area contributed by atoms with Gasteiger partial charge in [0.25, 0.3) is 5.56 Å². The molecule has 0 saturated carbocycles. The molecule has 0 saturated heterocycles. The molecular weight excluding hydrogens is 341 g/mol. The molecule has 0 radical (unpaired) electrons. The largest absolute Gasteiger partial charge is 0.326 e. The Balaban J connectivity index is 1.76. The number of hydrogen-bond donors (Lipinski definition) is 2. The highest BCUT2D eigenvalue weighted by Crippen LogP contribution is 2.28. The molecule has 0 unspecified atom stereocenters. The summed E-state index contributed by atoms with van der Waals surface area (Å²) in [6.45, 7) is 1.77. The lowest BCUT2D eigenvalue weighted by Crippen LogP contribution is -2.37. The van der Waals surface area contributed by atoms with Crippen LogP contribution >= 0.6 is 11.3 Å². The maximum absolute atomic E-state index is 13.1. The predicted octanol–water partition coefficient (Wildman–Crippen LogP) is 3.19. The van der Waals surface area contributed by atoms with Crippen LogP contribution in [0.5, 0.6) is 0 Å². The number of aromatic nitrogens is 2. The number of nitrogens with zero attached hydrogens (tertiary/aromatic N) is 3. The lowest BCUT2D eigenvalue weighted by Gasteiger charge is -2.26. The topological polar surface area (TPSA) is 71.3 Å². The third kappa shape index (κ3) is 3.03. The molecular formula is C17H14FN5OS. The molecule has 2 N–H and O–H groups in total. The van der Waals surface area contributed by atoms with Crippen molar-refractivity contribution in [3.8, 4) is 0 Å². The molecule has 1 aliphatic heterocycles. The molecule has 1 aliphatic rings. The van der Waals surface area contributed by atoms with Gasteiger partial charge in [0.05, 0.1) is 0 Å². The van der Waals surface area contributed by atoms with E-state index in [4.69, 9.17) is 0 Å². The van der Waals surface area contributed by atoms with Crippen molar-refractivity contribution in [2.75, 3.05) is 10.6 Å². The highest BCUT2D eigenvalue weighted by atomic mass is 32.1. The maximum Gasteiger partial charge on any atom is 0.257 e. The third-order valence-electron chi connectivity index (χ3n) is 3.71. The van der Waals surface area contributed by atoms with E-state index in [-0.39, 0.29) is 11.4 Å². The fourth-order valence-electron chi connectivity index (χ4n) is 2.61. The van der Waals surface area contributed by atoms with E-state index in [0.29, 0.717) is 23.3 Å². The van der Waals surface area contributed by atoms with Crippen LogP contribution in [0.4, 0.5) is 16.0 Å².